The van der Waals surface area contributed by atoms with E-state index in [0.717, 1.165) is 19.4 Å². The van der Waals surface area contributed by atoms with Crippen LogP contribution >= 0.6 is 0 Å². The number of hydrogen-bond acceptors (Lipinski definition) is 5. The lowest BCUT2D eigenvalue weighted by Crippen LogP contribution is -2.10. The van der Waals surface area contributed by atoms with Crippen molar-refractivity contribution in [3.8, 4) is 0 Å². The Labute approximate surface area is 89.0 Å². The Morgan fingerprint density at radius 1 is 1.53 bits per heavy atom. The molecule has 2 rings (SSSR count). The second-order valence-electron chi connectivity index (χ2n) is 3.96. The summed E-state index contributed by atoms with van der Waals surface area (Å²) < 4.78 is 11.0. The van der Waals surface area contributed by atoms with Gasteiger partial charge in [-0.15, -0.1) is 10.2 Å². The van der Waals surface area contributed by atoms with Gasteiger partial charge in [0.2, 0.25) is 11.8 Å². The molecule has 3 atom stereocenters. The molecule has 0 radical (unpaired) electrons. The maximum Gasteiger partial charge on any atom is 0.233 e. The molecular weight excluding hydrogens is 194 g/mol. The van der Waals surface area contributed by atoms with Crippen molar-refractivity contribution >= 4 is 0 Å². The third-order valence-electron chi connectivity index (χ3n) is 2.91. The van der Waals surface area contributed by atoms with Crippen molar-refractivity contribution in [3.05, 3.63) is 11.8 Å². The zero-order chi connectivity index (χ0) is 10.8. The van der Waals surface area contributed by atoms with Gasteiger partial charge in [-0.05, 0) is 19.8 Å². The minimum atomic E-state index is -0.149. The number of rotatable bonds is 3. The molecule has 0 saturated carbocycles. The Kier molecular flexibility index (Phi) is 3.02. The molecule has 0 amide bonds. The van der Waals surface area contributed by atoms with Crippen LogP contribution in [0.15, 0.2) is 4.42 Å². The summed E-state index contributed by atoms with van der Waals surface area (Å²) >= 11 is 0. The average molecular weight is 211 g/mol. The van der Waals surface area contributed by atoms with Crippen LogP contribution in [0.2, 0.25) is 0 Å². The quantitative estimate of drug-likeness (QED) is 0.817. The van der Waals surface area contributed by atoms with Crippen molar-refractivity contribution in [2.24, 2.45) is 5.73 Å². The molecule has 1 aliphatic rings. The van der Waals surface area contributed by atoms with E-state index in [2.05, 4.69) is 10.2 Å². The normalized spacial score (nSPS) is 28.2. The molecule has 0 spiro atoms. The Morgan fingerprint density at radius 3 is 2.93 bits per heavy atom. The fourth-order valence-corrected chi connectivity index (χ4v) is 1.78. The van der Waals surface area contributed by atoms with Gasteiger partial charge >= 0.3 is 0 Å². The summed E-state index contributed by atoms with van der Waals surface area (Å²) in [5, 5.41) is 8.01. The van der Waals surface area contributed by atoms with Gasteiger partial charge in [0.1, 0.15) is 0 Å². The van der Waals surface area contributed by atoms with Gasteiger partial charge in [-0.1, -0.05) is 6.92 Å². The summed E-state index contributed by atoms with van der Waals surface area (Å²) in [4.78, 5) is 0. The zero-order valence-electron chi connectivity index (χ0n) is 9.14. The first kappa shape index (κ1) is 10.6. The van der Waals surface area contributed by atoms with Crippen LogP contribution in [0.3, 0.4) is 0 Å². The molecule has 1 aromatic heterocycles. The monoisotopic (exact) mass is 211 g/mol. The first-order valence-electron chi connectivity index (χ1n) is 5.42. The lowest BCUT2D eigenvalue weighted by Gasteiger charge is -2.08. The van der Waals surface area contributed by atoms with Crippen molar-refractivity contribution in [1.82, 2.24) is 10.2 Å². The van der Waals surface area contributed by atoms with Gasteiger partial charge in [-0.3, -0.25) is 0 Å². The van der Waals surface area contributed by atoms with E-state index in [1.807, 2.05) is 13.8 Å². The Bertz CT molecular complexity index is 326. The van der Waals surface area contributed by atoms with Crippen LogP contribution in [-0.4, -0.2) is 22.9 Å². The molecule has 1 aromatic rings. The van der Waals surface area contributed by atoms with E-state index in [1.165, 1.54) is 0 Å². The largest absolute Gasteiger partial charge is 0.423 e. The lowest BCUT2D eigenvalue weighted by atomic mass is 10.0. The molecule has 2 heterocycles. The Morgan fingerprint density at radius 2 is 2.33 bits per heavy atom. The predicted octanol–water partition coefficient (Wildman–Crippen LogP) is 1.37. The zero-order valence-corrected chi connectivity index (χ0v) is 9.14. The van der Waals surface area contributed by atoms with Gasteiger partial charge in [0.15, 0.2) is 0 Å². The molecule has 5 nitrogen and oxygen atoms in total. The molecule has 3 unspecified atom stereocenters. The van der Waals surface area contributed by atoms with Crippen LogP contribution < -0.4 is 5.73 Å². The third kappa shape index (κ3) is 2.03. The van der Waals surface area contributed by atoms with Gasteiger partial charge < -0.3 is 14.9 Å². The molecule has 2 N–H and O–H groups in total. The van der Waals surface area contributed by atoms with Crippen molar-refractivity contribution in [1.29, 1.82) is 0 Å². The van der Waals surface area contributed by atoms with Crippen LogP contribution in [0, 0.1) is 0 Å². The smallest absolute Gasteiger partial charge is 0.233 e. The van der Waals surface area contributed by atoms with Crippen molar-refractivity contribution in [2.75, 3.05) is 6.61 Å². The summed E-state index contributed by atoms with van der Waals surface area (Å²) in [5.74, 6) is 1.43. The second-order valence-corrected chi connectivity index (χ2v) is 3.96. The molecule has 0 bridgehead atoms. The first-order valence-corrected chi connectivity index (χ1v) is 5.42. The summed E-state index contributed by atoms with van der Waals surface area (Å²) in [6, 6.07) is -0.149. The van der Waals surface area contributed by atoms with Crippen LogP contribution in [0.4, 0.5) is 0 Å². The number of nitrogens with zero attached hydrogens (tertiary/aromatic N) is 2. The molecule has 5 heteroatoms. The summed E-state index contributed by atoms with van der Waals surface area (Å²) in [6.45, 7) is 4.79. The highest BCUT2D eigenvalue weighted by atomic mass is 16.5. The van der Waals surface area contributed by atoms with Gasteiger partial charge in [0.05, 0.1) is 18.1 Å². The van der Waals surface area contributed by atoms with Gasteiger partial charge in [-0.25, -0.2) is 0 Å². The van der Waals surface area contributed by atoms with Crippen molar-refractivity contribution in [3.63, 3.8) is 0 Å². The molecule has 1 fully saturated rings. The van der Waals surface area contributed by atoms with Crippen LogP contribution in [0.5, 0.6) is 0 Å². The fourth-order valence-electron chi connectivity index (χ4n) is 1.78. The molecule has 0 aromatic carbocycles. The Balaban J connectivity index is 2.12. The van der Waals surface area contributed by atoms with Gasteiger partial charge in [0, 0.05) is 6.61 Å². The number of ether oxygens (including phenoxy) is 1. The summed E-state index contributed by atoms with van der Waals surface area (Å²) in [6.07, 6.45) is 1.92. The third-order valence-corrected chi connectivity index (χ3v) is 2.91. The van der Waals surface area contributed by atoms with E-state index < -0.39 is 0 Å². The van der Waals surface area contributed by atoms with E-state index in [-0.39, 0.29) is 18.1 Å². The summed E-state index contributed by atoms with van der Waals surface area (Å²) in [5.41, 5.74) is 5.81. The van der Waals surface area contributed by atoms with E-state index >= 15 is 0 Å². The molecule has 0 aliphatic carbocycles. The van der Waals surface area contributed by atoms with Crippen LogP contribution in [0.1, 0.15) is 50.4 Å². The minimum absolute atomic E-state index is 0.149. The van der Waals surface area contributed by atoms with E-state index in [9.17, 15) is 0 Å². The number of nitrogens with two attached hydrogens (primary N) is 1. The highest BCUT2D eigenvalue weighted by molar-refractivity contribution is 4.98. The maximum absolute atomic E-state index is 5.81. The highest BCUT2D eigenvalue weighted by Gasteiger charge is 2.30. The van der Waals surface area contributed by atoms with Crippen LogP contribution in [-0.2, 0) is 4.74 Å². The molecule has 15 heavy (non-hydrogen) atoms. The fraction of sp³-hybridized carbons (Fsp3) is 0.800. The van der Waals surface area contributed by atoms with E-state index in [4.69, 9.17) is 14.9 Å². The number of aromatic nitrogens is 2. The van der Waals surface area contributed by atoms with Crippen molar-refractivity contribution in [2.45, 2.75) is 44.8 Å². The topological polar surface area (TPSA) is 74.2 Å². The van der Waals surface area contributed by atoms with E-state index in [0.29, 0.717) is 11.8 Å². The highest BCUT2D eigenvalue weighted by Crippen LogP contribution is 2.30. The average Bonchev–Trinajstić information content (AvgIpc) is 2.84. The molecule has 84 valence electrons. The minimum Gasteiger partial charge on any atom is -0.423 e. The van der Waals surface area contributed by atoms with Crippen LogP contribution in [0.25, 0.3) is 0 Å². The van der Waals surface area contributed by atoms with Crippen molar-refractivity contribution < 1.29 is 9.15 Å². The second kappa shape index (κ2) is 4.28. The lowest BCUT2D eigenvalue weighted by molar-refractivity contribution is 0.114. The maximum atomic E-state index is 5.81. The van der Waals surface area contributed by atoms with Gasteiger partial charge in [-0.2, -0.15) is 0 Å². The molecular formula is C10H17N3O2. The van der Waals surface area contributed by atoms with E-state index in [1.54, 1.807) is 0 Å². The predicted molar refractivity (Wildman–Crippen MR) is 54.3 cm³/mol. The summed E-state index contributed by atoms with van der Waals surface area (Å²) in [7, 11) is 0. The molecule has 1 saturated heterocycles. The Hall–Kier alpha value is -0.940. The van der Waals surface area contributed by atoms with Gasteiger partial charge in [0.25, 0.3) is 0 Å². The number of hydrogen-bond donors (Lipinski definition) is 1. The SMILES string of the molecule is CCC(N)c1nnc(C2CCOC2C)o1. The molecule has 1 aliphatic heterocycles. The standard InChI is InChI=1S/C10H17N3O2/c1-3-8(11)10-13-12-9(15-10)7-4-5-14-6(7)2/h6-8H,3-5,11H2,1-2H3. The first-order chi connectivity index (χ1) is 7.22.